The fraction of sp³-hybridized carbons (Fsp3) is 0.435. The van der Waals surface area contributed by atoms with Crippen molar-refractivity contribution in [2.24, 2.45) is 0 Å². The van der Waals surface area contributed by atoms with Gasteiger partial charge in [-0.1, -0.05) is 24.3 Å². The summed E-state index contributed by atoms with van der Waals surface area (Å²) in [4.78, 5) is 12.7. The highest BCUT2D eigenvalue weighted by Crippen LogP contribution is 2.22. The number of thiazole rings is 1. The highest BCUT2D eigenvalue weighted by Gasteiger charge is 2.15. The molecule has 3 aromatic heterocycles. The lowest BCUT2D eigenvalue weighted by Gasteiger charge is -2.09. The van der Waals surface area contributed by atoms with Crippen molar-refractivity contribution in [1.82, 2.24) is 29.0 Å². The van der Waals surface area contributed by atoms with Crippen LogP contribution in [0, 0.1) is 6.92 Å². The van der Waals surface area contributed by atoms with Gasteiger partial charge < -0.3 is 9.64 Å². The van der Waals surface area contributed by atoms with Gasteiger partial charge >= 0.3 is 0 Å². The summed E-state index contributed by atoms with van der Waals surface area (Å²) < 4.78 is 9.91. The van der Waals surface area contributed by atoms with Gasteiger partial charge in [0.05, 0.1) is 24.9 Å². The van der Waals surface area contributed by atoms with E-state index in [1.165, 1.54) is 11.3 Å². The van der Waals surface area contributed by atoms with Crippen molar-refractivity contribution in [1.29, 1.82) is 0 Å². The standard InChI is InChI=1S/C23H30N6OS/c1-16(2)30-11-10-29-21(12-20-15-31-23-24-17(3)13-28(20)23)25-22(26-29)19-8-6-18(7-9-19)14-27(4)5/h6-9,13,15-16H,10-12,14H2,1-5H3. The molecule has 0 aliphatic rings. The summed E-state index contributed by atoms with van der Waals surface area (Å²) in [6.45, 7) is 8.32. The van der Waals surface area contributed by atoms with Crippen molar-refractivity contribution in [2.75, 3.05) is 20.7 Å². The second kappa shape index (κ2) is 9.30. The monoisotopic (exact) mass is 438 g/mol. The van der Waals surface area contributed by atoms with E-state index >= 15 is 0 Å². The summed E-state index contributed by atoms with van der Waals surface area (Å²) in [6.07, 6.45) is 2.97. The molecule has 0 radical (unpaired) electrons. The number of rotatable bonds is 9. The van der Waals surface area contributed by atoms with Crippen LogP contribution in [-0.2, 0) is 24.2 Å². The van der Waals surface area contributed by atoms with Gasteiger partial charge in [-0.2, -0.15) is 5.10 Å². The van der Waals surface area contributed by atoms with Crippen LogP contribution in [0.2, 0.25) is 0 Å². The molecule has 0 amide bonds. The first-order valence-electron chi connectivity index (χ1n) is 10.6. The lowest BCUT2D eigenvalue weighted by atomic mass is 10.1. The molecule has 4 aromatic rings. The van der Waals surface area contributed by atoms with Crippen LogP contribution >= 0.6 is 11.3 Å². The third-order valence-electron chi connectivity index (χ3n) is 4.96. The van der Waals surface area contributed by atoms with E-state index in [9.17, 15) is 0 Å². The zero-order valence-electron chi connectivity index (χ0n) is 18.9. The minimum atomic E-state index is 0.195. The number of ether oxygens (including phenoxy) is 1. The Morgan fingerprint density at radius 2 is 1.90 bits per heavy atom. The molecule has 164 valence electrons. The first-order chi connectivity index (χ1) is 14.9. The molecule has 0 N–H and O–H groups in total. The molecule has 7 nitrogen and oxygen atoms in total. The maximum absolute atomic E-state index is 5.77. The summed E-state index contributed by atoms with van der Waals surface area (Å²) in [5, 5.41) is 6.98. The topological polar surface area (TPSA) is 60.5 Å². The first-order valence-corrected chi connectivity index (χ1v) is 11.5. The van der Waals surface area contributed by atoms with Gasteiger partial charge in [-0.05, 0) is 40.4 Å². The fourth-order valence-electron chi connectivity index (χ4n) is 3.54. The number of aromatic nitrogens is 5. The van der Waals surface area contributed by atoms with Crippen molar-refractivity contribution >= 4 is 16.3 Å². The van der Waals surface area contributed by atoms with Crippen LogP contribution in [-0.4, -0.2) is 55.9 Å². The Labute approximate surface area is 187 Å². The number of nitrogens with zero attached hydrogens (tertiary/aromatic N) is 6. The van der Waals surface area contributed by atoms with Gasteiger partial charge in [-0.25, -0.2) is 14.6 Å². The third-order valence-corrected chi connectivity index (χ3v) is 5.85. The molecule has 0 aliphatic heterocycles. The predicted molar refractivity (Wildman–Crippen MR) is 125 cm³/mol. The summed E-state index contributed by atoms with van der Waals surface area (Å²) in [7, 11) is 4.15. The van der Waals surface area contributed by atoms with Gasteiger partial charge in [0.2, 0.25) is 0 Å². The van der Waals surface area contributed by atoms with Gasteiger partial charge in [-0.15, -0.1) is 11.3 Å². The lowest BCUT2D eigenvalue weighted by Crippen LogP contribution is -2.14. The van der Waals surface area contributed by atoms with Gasteiger partial charge in [0, 0.05) is 35.8 Å². The molecular formula is C23H30N6OS. The molecule has 0 saturated heterocycles. The van der Waals surface area contributed by atoms with E-state index in [2.05, 4.69) is 64.2 Å². The second-order valence-corrected chi connectivity index (χ2v) is 9.20. The van der Waals surface area contributed by atoms with Crippen LogP contribution in [0.15, 0.2) is 35.8 Å². The average Bonchev–Trinajstić information content (AvgIpc) is 3.38. The summed E-state index contributed by atoms with van der Waals surface area (Å²) in [6, 6.07) is 8.51. The maximum atomic E-state index is 5.77. The molecule has 0 saturated carbocycles. The van der Waals surface area contributed by atoms with Gasteiger partial charge in [0.25, 0.3) is 0 Å². The summed E-state index contributed by atoms with van der Waals surface area (Å²) >= 11 is 1.66. The van der Waals surface area contributed by atoms with Crippen molar-refractivity contribution in [2.45, 2.75) is 46.4 Å². The molecule has 0 atom stereocenters. The molecule has 8 heteroatoms. The second-order valence-electron chi connectivity index (χ2n) is 8.37. The lowest BCUT2D eigenvalue weighted by molar-refractivity contribution is 0.0705. The molecule has 0 unspecified atom stereocenters. The Kier molecular flexibility index (Phi) is 6.50. The zero-order chi connectivity index (χ0) is 22.0. The number of hydrogen-bond acceptors (Lipinski definition) is 6. The van der Waals surface area contributed by atoms with Gasteiger partial charge in [0.15, 0.2) is 10.8 Å². The van der Waals surface area contributed by atoms with E-state index in [1.54, 1.807) is 11.3 Å². The van der Waals surface area contributed by atoms with Crippen LogP contribution in [0.3, 0.4) is 0 Å². The molecule has 4 rings (SSSR count). The summed E-state index contributed by atoms with van der Waals surface area (Å²) in [5.41, 5.74) is 4.50. The Hall–Kier alpha value is -2.55. The number of imidazole rings is 1. The molecule has 3 heterocycles. The van der Waals surface area contributed by atoms with Crippen LogP contribution in [0.4, 0.5) is 0 Å². The van der Waals surface area contributed by atoms with Crippen molar-refractivity contribution in [3.8, 4) is 11.4 Å². The van der Waals surface area contributed by atoms with Crippen LogP contribution < -0.4 is 0 Å². The van der Waals surface area contributed by atoms with Crippen molar-refractivity contribution in [3.63, 3.8) is 0 Å². The number of benzene rings is 1. The first kappa shape index (κ1) is 21.7. The smallest absolute Gasteiger partial charge is 0.194 e. The number of aryl methyl sites for hydroxylation is 1. The third kappa shape index (κ3) is 5.20. The molecular weight excluding hydrogens is 408 g/mol. The fourth-order valence-corrected chi connectivity index (χ4v) is 4.46. The normalized spacial score (nSPS) is 12.0. The molecule has 31 heavy (non-hydrogen) atoms. The molecule has 0 aliphatic carbocycles. The molecule has 1 aromatic carbocycles. The Balaban J connectivity index is 1.61. The summed E-state index contributed by atoms with van der Waals surface area (Å²) in [5.74, 6) is 1.69. The largest absolute Gasteiger partial charge is 0.377 e. The van der Waals surface area contributed by atoms with E-state index in [0.717, 1.165) is 34.4 Å². The Bertz CT molecular complexity index is 1140. The maximum Gasteiger partial charge on any atom is 0.194 e. The minimum absolute atomic E-state index is 0.195. The minimum Gasteiger partial charge on any atom is -0.377 e. The zero-order valence-corrected chi connectivity index (χ0v) is 19.7. The highest BCUT2D eigenvalue weighted by molar-refractivity contribution is 7.15. The molecule has 0 spiro atoms. The van der Waals surface area contributed by atoms with E-state index in [4.69, 9.17) is 14.8 Å². The van der Waals surface area contributed by atoms with Gasteiger partial charge in [0.1, 0.15) is 5.82 Å². The average molecular weight is 439 g/mol. The van der Waals surface area contributed by atoms with Crippen LogP contribution in [0.1, 0.15) is 36.6 Å². The number of fused-ring (bicyclic) bond motifs is 1. The van der Waals surface area contributed by atoms with E-state index in [1.807, 2.05) is 25.5 Å². The Morgan fingerprint density at radius 3 is 2.61 bits per heavy atom. The quantitative estimate of drug-likeness (QED) is 0.395. The van der Waals surface area contributed by atoms with Crippen molar-refractivity contribution < 1.29 is 4.74 Å². The van der Waals surface area contributed by atoms with Crippen molar-refractivity contribution in [3.05, 3.63) is 58.6 Å². The molecule has 0 bridgehead atoms. The van der Waals surface area contributed by atoms with E-state index in [-0.39, 0.29) is 6.10 Å². The van der Waals surface area contributed by atoms with E-state index in [0.29, 0.717) is 19.6 Å². The van der Waals surface area contributed by atoms with Crippen LogP contribution in [0.5, 0.6) is 0 Å². The predicted octanol–water partition coefficient (Wildman–Crippen LogP) is 4.04. The SMILES string of the molecule is Cc1cn2c(Cc3nc(-c4ccc(CN(C)C)cc4)nn3CCOC(C)C)csc2n1. The molecule has 0 fully saturated rings. The Morgan fingerprint density at radius 1 is 1.13 bits per heavy atom. The highest BCUT2D eigenvalue weighted by atomic mass is 32.1. The number of hydrogen-bond donors (Lipinski definition) is 0. The van der Waals surface area contributed by atoms with E-state index < -0.39 is 0 Å². The van der Waals surface area contributed by atoms with Crippen LogP contribution in [0.25, 0.3) is 16.3 Å². The van der Waals surface area contributed by atoms with Gasteiger partial charge in [-0.3, -0.25) is 4.40 Å².